The van der Waals surface area contributed by atoms with Crippen LogP contribution in [0, 0.1) is 0 Å². The summed E-state index contributed by atoms with van der Waals surface area (Å²) >= 11 is 6.57. The fourth-order valence-corrected chi connectivity index (χ4v) is 2.83. The number of carboxylic acid groups (broad SMARTS) is 1. The molecule has 25 heavy (non-hydrogen) atoms. The molecule has 2 aromatic rings. The van der Waals surface area contributed by atoms with E-state index in [-0.39, 0.29) is 28.6 Å². The first-order valence-electron chi connectivity index (χ1n) is 7.16. The Hall–Kier alpha value is -2.52. The fourth-order valence-electron chi connectivity index (χ4n) is 1.87. The number of carboxylic acids is 1. The maximum Gasteiger partial charge on any atom is 0.277 e. The van der Waals surface area contributed by atoms with Crippen molar-refractivity contribution >= 4 is 46.7 Å². The number of amides is 1. The number of benzene rings is 1. The van der Waals surface area contributed by atoms with Crippen molar-refractivity contribution in [3.8, 4) is 0 Å². The summed E-state index contributed by atoms with van der Waals surface area (Å²) in [5, 5.41) is 12.9. The molecule has 1 aromatic carbocycles. The molecule has 0 bridgehead atoms. The zero-order valence-corrected chi connectivity index (χ0v) is 14.6. The lowest BCUT2D eigenvalue weighted by molar-refractivity contribution is -0.304. The van der Waals surface area contributed by atoms with Gasteiger partial charge in [0, 0.05) is 10.6 Å². The minimum Gasteiger partial charge on any atom is -0.549 e. The summed E-state index contributed by atoms with van der Waals surface area (Å²) in [6.45, 7) is 1.66. The largest absolute Gasteiger partial charge is 0.549 e. The van der Waals surface area contributed by atoms with E-state index in [2.05, 4.69) is 15.3 Å². The highest BCUT2D eigenvalue weighted by Crippen LogP contribution is 2.23. The van der Waals surface area contributed by atoms with Crippen LogP contribution in [0.3, 0.4) is 0 Å². The molecule has 10 heteroatoms. The molecule has 0 fully saturated rings. The number of nitrogens with two attached hydrogens (primary N) is 1. The molecule has 0 aliphatic heterocycles. The quantitative estimate of drug-likeness (QED) is 0.498. The van der Waals surface area contributed by atoms with Crippen molar-refractivity contribution in [1.82, 2.24) is 9.97 Å². The molecular weight excluding hydrogens is 368 g/mol. The van der Waals surface area contributed by atoms with Crippen LogP contribution in [-0.4, -0.2) is 27.1 Å². The Morgan fingerprint density at radius 2 is 2.04 bits per heavy atom. The van der Waals surface area contributed by atoms with Crippen molar-refractivity contribution in [2.24, 2.45) is 0 Å². The van der Waals surface area contributed by atoms with Crippen LogP contribution in [0.25, 0.3) is 0 Å². The van der Waals surface area contributed by atoms with Gasteiger partial charge in [-0.2, -0.15) is 0 Å². The van der Waals surface area contributed by atoms with E-state index in [4.69, 9.17) is 17.3 Å². The summed E-state index contributed by atoms with van der Waals surface area (Å²) in [6.07, 6.45) is 0.283. The van der Waals surface area contributed by atoms with Crippen LogP contribution in [0.4, 0.5) is 11.5 Å². The van der Waals surface area contributed by atoms with Crippen molar-refractivity contribution in [1.29, 1.82) is 0 Å². The second-order valence-corrected chi connectivity index (χ2v) is 6.55. The Kier molecular flexibility index (Phi) is 6.05. The van der Waals surface area contributed by atoms with E-state index in [1.807, 2.05) is 0 Å². The number of carbonyl (C=O) groups is 2. The number of hydrogen-bond acceptors (Lipinski definition) is 7. The summed E-state index contributed by atoms with van der Waals surface area (Å²) in [4.78, 5) is 41.5. The summed E-state index contributed by atoms with van der Waals surface area (Å²) in [7, 11) is 0. The van der Waals surface area contributed by atoms with Crippen molar-refractivity contribution in [3.05, 3.63) is 45.2 Å². The third-order valence-electron chi connectivity index (χ3n) is 3.16. The van der Waals surface area contributed by atoms with Gasteiger partial charge in [0.2, 0.25) is 0 Å². The van der Waals surface area contributed by atoms with E-state index in [9.17, 15) is 19.5 Å². The fraction of sp³-hybridized carbons (Fsp3) is 0.200. The Balaban J connectivity index is 2.22. The Bertz CT molecular complexity index is 854. The predicted octanol–water partition coefficient (Wildman–Crippen LogP) is 0.878. The molecule has 0 aliphatic rings. The van der Waals surface area contributed by atoms with E-state index in [0.29, 0.717) is 5.02 Å². The molecule has 2 rings (SSSR count). The summed E-state index contributed by atoms with van der Waals surface area (Å²) < 4.78 is 0. The molecule has 132 valence electrons. The summed E-state index contributed by atoms with van der Waals surface area (Å²) in [5.74, 6) is -2.05. The number of carbonyl (C=O) groups excluding carboxylic acids is 2. The van der Waals surface area contributed by atoms with E-state index < -0.39 is 22.7 Å². The average Bonchev–Trinajstić information content (AvgIpc) is 2.56. The number of halogens is 1. The number of aromatic nitrogens is 2. The zero-order chi connectivity index (χ0) is 18.6. The highest BCUT2D eigenvalue weighted by atomic mass is 35.5. The number of rotatable bonds is 6. The molecule has 0 radical (unpaired) electrons. The topological polar surface area (TPSA) is 141 Å². The molecule has 0 unspecified atom stereocenters. The minimum absolute atomic E-state index is 0.0306. The van der Waals surface area contributed by atoms with E-state index in [1.54, 1.807) is 6.92 Å². The monoisotopic (exact) mass is 381 g/mol. The Morgan fingerprint density at radius 3 is 2.56 bits per heavy atom. The zero-order valence-electron chi connectivity index (χ0n) is 13.0. The standard InChI is InChI=1S/C15H15ClN4O4S/c1-2-9(14(23)24)25-15-19-11(17)10(13(22)20-15)18-12(21)7-3-5-8(16)6-4-7/h3-6,9H,2H2,1H3,(H,18,21)(H,23,24)(H3,17,19,20,22)/p-1/t9-/m0/s1. The maximum atomic E-state index is 12.1. The SMILES string of the molecule is CC[C@H](Sc1nc(N)c(NC(=O)c2ccc(Cl)cc2)c(=O)[nH]1)C(=O)[O-]. The first-order valence-corrected chi connectivity index (χ1v) is 8.41. The predicted molar refractivity (Wildman–Crippen MR) is 93.6 cm³/mol. The van der Waals surface area contributed by atoms with Gasteiger partial charge in [0.25, 0.3) is 11.5 Å². The van der Waals surface area contributed by atoms with Crippen LogP contribution in [-0.2, 0) is 4.79 Å². The molecule has 1 atom stereocenters. The van der Waals surface area contributed by atoms with Crippen molar-refractivity contribution in [2.45, 2.75) is 23.8 Å². The number of hydrogen-bond donors (Lipinski definition) is 3. The van der Waals surface area contributed by atoms with Crippen molar-refractivity contribution in [3.63, 3.8) is 0 Å². The first-order chi connectivity index (χ1) is 11.8. The van der Waals surface area contributed by atoms with Crippen LogP contribution >= 0.6 is 23.4 Å². The second-order valence-electron chi connectivity index (χ2n) is 4.93. The van der Waals surface area contributed by atoms with Crippen molar-refractivity contribution < 1.29 is 14.7 Å². The normalized spacial score (nSPS) is 11.8. The number of H-pyrrole nitrogens is 1. The highest BCUT2D eigenvalue weighted by molar-refractivity contribution is 8.00. The highest BCUT2D eigenvalue weighted by Gasteiger charge is 2.16. The third kappa shape index (κ3) is 4.74. The van der Waals surface area contributed by atoms with Gasteiger partial charge in [-0.25, -0.2) is 4.98 Å². The van der Waals surface area contributed by atoms with Crippen molar-refractivity contribution in [2.75, 3.05) is 11.1 Å². The van der Waals surface area contributed by atoms with Crippen LogP contribution in [0.2, 0.25) is 5.02 Å². The molecule has 0 saturated heterocycles. The van der Waals surface area contributed by atoms with Crippen LogP contribution in [0.1, 0.15) is 23.7 Å². The third-order valence-corrected chi connectivity index (χ3v) is 4.64. The Morgan fingerprint density at radius 1 is 1.40 bits per heavy atom. The van der Waals surface area contributed by atoms with Gasteiger partial charge in [-0.1, -0.05) is 30.3 Å². The maximum absolute atomic E-state index is 12.1. The molecule has 4 N–H and O–H groups in total. The number of anilines is 2. The molecular formula is C15H14ClN4O4S-. The first kappa shape index (κ1) is 18.8. The minimum atomic E-state index is -1.27. The molecule has 1 aromatic heterocycles. The number of thioether (sulfide) groups is 1. The lowest BCUT2D eigenvalue weighted by Gasteiger charge is -2.15. The lowest BCUT2D eigenvalue weighted by atomic mass is 10.2. The molecule has 0 spiro atoms. The van der Waals surface area contributed by atoms with Gasteiger partial charge in [0.1, 0.15) is 5.69 Å². The Labute approximate surface area is 151 Å². The van der Waals surface area contributed by atoms with Gasteiger partial charge < -0.3 is 21.0 Å². The summed E-state index contributed by atoms with van der Waals surface area (Å²) in [6, 6.07) is 6.05. The van der Waals surface area contributed by atoms with Gasteiger partial charge in [-0.3, -0.25) is 14.6 Å². The van der Waals surface area contributed by atoms with E-state index >= 15 is 0 Å². The molecule has 1 amide bonds. The summed E-state index contributed by atoms with van der Waals surface area (Å²) in [5.41, 5.74) is 5.10. The molecule has 0 aliphatic carbocycles. The smallest absolute Gasteiger partial charge is 0.277 e. The van der Waals surface area contributed by atoms with Gasteiger partial charge in [0.05, 0.1) is 11.2 Å². The average molecular weight is 382 g/mol. The van der Waals surface area contributed by atoms with E-state index in [0.717, 1.165) is 11.8 Å². The van der Waals surface area contributed by atoms with Gasteiger partial charge >= 0.3 is 0 Å². The molecule has 1 heterocycles. The number of aromatic amines is 1. The van der Waals surface area contributed by atoms with Gasteiger partial charge in [-0.15, -0.1) is 0 Å². The number of nitrogens with one attached hydrogen (secondary N) is 2. The molecule has 0 saturated carbocycles. The number of aliphatic carboxylic acids is 1. The molecule has 8 nitrogen and oxygen atoms in total. The van der Waals surface area contributed by atoms with Gasteiger partial charge in [-0.05, 0) is 30.7 Å². The number of nitrogen functional groups attached to an aromatic ring is 1. The second kappa shape index (κ2) is 8.04. The van der Waals surface area contributed by atoms with Gasteiger partial charge in [0.15, 0.2) is 11.0 Å². The van der Waals surface area contributed by atoms with Crippen LogP contribution in [0.5, 0.6) is 0 Å². The van der Waals surface area contributed by atoms with E-state index in [1.165, 1.54) is 24.3 Å². The van der Waals surface area contributed by atoms with Crippen LogP contribution in [0.15, 0.2) is 34.2 Å². The van der Waals surface area contributed by atoms with Crippen LogP contribution < -0.4 is 21.7 Å². The lowest BCUT2D eigenvalue weighted by Crippen LogP contribution is -2.33. The number of nitrogens with zero attached hydrogens (tertiary/aromatic N) is 1.